The molecular weight excluding hydrogens is 344 g/mol. The quantitative estimate of drug-likeness (QED) is 0.659. The van der Waals surface area contributed by atoms with Gasteiger partial charge in [-0.3, -0.25) is 9.69 Å². The molecule has 0 bridgehead atoms. The van der Waals surface area contributed by atoms with Crippen molar-refractivity contribution in [1.29, 1.82) is 0 Å². The third kappa shape index (κ3) is 5.23. The van der Waals surface area contributed by atoms with Crippen LogP contribution in [0.3, 0.4) is 0 Å². The number of nitrogens with zero attached hydrogens (tertiary/aromatic N) is 2. The number of benzene rings is 2. The maximum Gasteiger partial charge on any atom is 0.234 e. The Bertz CT molecular complexity index is 683. The minimum absolute atomic E-state index is 0.186. The average molecular weight is 379 g/mol. The van der Waals surface area contributed by atoms with Crippen molar-refractivity contribution in [2.24, 2.45) is 5.92 Å². The summed E-state index contributed by atoms with van der Waals surface area (Å²) in [7, 11) is 1.98. The Morgan fingerprint density at radius 2 is 1.43 bits per heavy atom. The molecule has 2 aromatic carbocycles. The molecule has 1 heterocycles. The van der Waals surface area contributed by atoms with Crippen molar-refractivity contribution in [1.82, 2.24) is 9.80 Å². The van der Waals surface area contributed by atoms with Gasteiger partial charge in [-0.15, -0.1) is 0 Å². The molecule has 1 fully saturated rings. The first-order valence-corrected chi connectivity index (χ1v) is 10.6. The van der Waals surface area contributed by atoms with E-state index in [-0.39, 0.29) is 11.8 Å². The van der Waals surface area contributed by atoms with Crippen LogP contribution in [0.5, 0.6) is 0 Å². The Labute approximate surface area is 170 Å². The van der Waals surface area contributed by atoms with Crippen molar-refractivity contribution in [3.8, 4) is 0 Å². The molecule has 0 radical (unpaired) electrons. The van der Waals surface area contributed by atoms with Gasteiger partial charge in [0.05, 0.1) is 5.92 Å². The summed E-state index contributed by atoms with van der Waals surface area (Å²) in [6.45, 7) is 7.69. The first kappa shape index (κ1) is 20.6. The highest BCUT2D eigenvalue weighted by Crippen LogP contribution is 2.27. The summed E-state index contributed by atoms with van der Waals surface area (Å²) < 4.78 is 0. The zero-order valence-corrected chi connectivity index (χ0v) is 17.6. The summed E-state index contributed by atoms with van der Waals surface area (Å²) in [5, 5.41) is 0. The van der Waals surface area contributed by atoms with E-state index in [1.54, 1.807) is 0 Å². The van der Waals surface area contributed by atoms with Crippen molar-refractivity contribution in [3.05, 3.63) is 71.8 Å². The van der Waals surface area contributed by atoms with Crippen LogP contribution < -0.4 is 0 Å². The van der Waals surface area contributed by atoms with Crippen molar-refractivity contribution in [3.63, 3.8) is 0 Å². The minimum Gasteiger partial charge on any atom is -0.343 e. The van der Waals surface area contributed by atoms with Crippen molar-refractivity contribution >= 4 is 5.91 Å². The molecule has 3 nitrogen and oxygen atoms in total. The van der Waals surface area contributed by atoms with Crippen molar-refractivity contribution in [2.45, 2.75) is 45.1 Å². The molecule has 2 aromatic rings. The fourth-order valence-electron chi connectivity index (χ4n) is 4.39. The van der Waals surface area contributed by atoms with Crippen LogP contribution >= 0.6 is 0 Å². The summed E-state index contributed by atoms with van der Waals surface area (Å²) in [6, 6.07) is 20.8. The summed E-state index contributed by atoms with van der Waals surface area (Å²) in [6.07, 6.45) is 3.70. The van der Waals surface area contributed by atoms with Gasteiger partial charge in [0.1, 0.15) is 0 Å². The molecule has 28 heavy (non-hydrogen) atoms. The Kier molecular flexibility index (Phi) is 7.27. The van der Waals surface area contributed by atoms with Crippen LogP contribution in [0.25, 0.3) is 0 Å². The average Bonchev–Trinajstić information content (AvgIpc) is 3.24. The van der Waals surface area contributed by atoms with E-state index in [1.807, 2.05) is 48.3 Å². The number of hydrogen-bond acceptors (Lipinski definition) is 2. The lowest BCUT2D eigenvalue weighted by Crippen LogP contribution is -2.45. The number of hydrogen-bond donors (Lipinski definition) is 0. The second kappa shape index (κ2) is 9.88. The largest absolute Gasteiger partial charge is 0.343 e. The molecule has 0 saturated carbocycles. The van der Waals surface area contributed by atoms with E-state index in [0.717, 1.165) is 24.1 Å². The van der Waals surface area contributed by atoms with E-state index in [2.05, 4.69) is 43.0 Å². The fourth-order valence-corrected chi connectivity index (χ4v) is 4.39. The van der Waals surface area contributed by atoms with E-state index in [0.29, 0.717) is 12.0 Å². The van der Waals surface area contributed by atoms with Gasteiger partial charge >= 0.3 is 0 Å². The topological polar surface area (TPSA) is 23.6 Å². The van der Waals surface area contributed by atoms with Crippen LogP contribution in [0.1, 0.15) is 50.2 Å². The maximum atomic E-state index is 13.6. The number of rotatable bonds is 8. The summed E-state index contributed by atoms with van der Waals surface area (Å²) in [5.74, 6) is 0.573. The van der Waals surface area contributed by atoms with Crippen LogP contribution in [0.4, 0.5) is 0 Å². The van der Waals surface area contributed by atoms with E-state index in [9.17, 15) is 4.79 Å². The molecule has 1 saturated heterocycles. The Morgan fingerprint density at radius 3 is 1.89 bits per heavy atom. The van der Waals surface area contributed by atoms with Crippen molar-refractivity contribution < 1.29 is 4.79 Å². The van der Waals surface area contributed by atoms with E-state index < -0.39 is 0 Å². The second-order valence-electron chi connectivity index (χ2n) is 8.50. The Hall–Kier alpha value is -2.13. The molecule has 3 heteroatoms. The molecule has 150 valence electrons. The number of amides is 1. The third-order valence-electron chi connectivity index (χ3n) is 5.77. The molecule has 0 N–H and O–H groups in total. The van der Waals surface area contributed by atoms with Gasteiger partial charge in [0.2, 0.25) is 5.91 Å². The minimum atomic E-state index is -0.245. The number of likely N-dealkylation sites (N-methyl/N-ethyl adjacent to an activating group) is 1. The molecule has 0 aromatic heterocycles. The SMILES string of the molecule is CC(C)CC(CN(C)C(=O)C(c1ccccc1)c1ccccc1)N1CCCC1. The lowest BCUT2D eigenvalue weighted by molar-refractivity contribution is -0.131. The normalized spacial score (nSPS) is 15.9. The van der Waals surface area contributed by atoms with Gasteiger partial charge in [0.15, 0.2) is 0 Å². The molecule has 0 aliphatic carbocycles. The van der Waals surface area contributed by atoms with E-state index in [4.69, 9.17) is 0 Å². The first-order valence-electron chi connectivity index (χ1n) is 10.6. The van der Waals surface area contributed by atoms with Gasteiger partial charge in [-0.05, 0) is 49.4 Å². The van der Waals surface area contributed by atoms with Crippen LogP contribution in [0, 0.1) is 5.92 Å². The monoisotopic (exact) mass is 378 g/mol. The Balaban J connectivity index is 1.81. The standard InChI is InChI=1S/C25H34N2O/c1-20(2)18-23(27-16-10-11-17-27)19-26(3)25(28)24(21-12-6-4-7-13-21)22-14-8-5-9-15-22/h4-9,12-15,20,23-24H,10-11,16-19H2,1-3H3. The first-order chi connectivity index (χ1) is 13.6. The lowest BCUT2D eigenvalue weighted by Gasteiger charge is -2.34. The van der Waals surface area contributed by atoms with Crippen LogP contribution in [-0.4, -0.2) is 48.4 Å². The zero-order chi connectivity index (χ0) is 19.9. The van der Waals surface area contributed by atoms with Crippen LogP contribution in [0.15, 0.2) is 60.7 Å². The predicted molar refractivity (Wildman–Crippen MR) is 116 cm³/mol. The summed E-state index contributed by atoms with van der Waals surface area (Å²) in [4.78, 5) is 18.1. The zero-order valence-electron chi connectivity index (χ0n) is 17.6. The van der Waals surface area contributed by atoms with Gasteiger partial charge in [0.25, 0.3) is 0 Å². The third-order valence-corrected chi connectivity index (χ3v) is 5.77. The molecule has 1 unspecified atom stereocenters. The van der Waals surface area contributed by atoms with Gasteiger partial charge < -0.3 is 4.90 Å². The highest BCUT2D eigenvalue weighted by Gasteiger charge is 2.29. The molecule has 1 aliphatic rings. The van der Waals surface area contributed by atoms with Crippen LogP contribution in [0.2, 0.25) is 0 Å². The second-order valence-corrected chi connectivity index (χ2v) is 8.50. The highest BCUT2D eigenvalue weighted by atomic mass is 16.2. The van der Waals surface area contributed by atoms with E-state index >= 15 is 0 Å². The number of carbonyl (C=O) groups is 1. The molecular formula is C25H34N2O. The van der Waals surface area contributed by atoms with Gasteiger partial charge in [0, 0.05) is 19.6 Å². The van der Waals surface area contributed by atoms with Crippen LogP contribution in [-0.2, 0) is 4.79 Å². The highest BCUT2D eigenvalue weighted by molar-refractivity contribution is 5.87. The number of carbonyl (C=O) groups excluding carboxylic acids is 1. The summed E-state index contributed by atoms with van der Waals surface area (Å²) >= 11 is 0. The molecule has 3 rings (SSSR count). The smallest absolute Gasteiger partial charge is 0.234 e. The van der Waals surface area contributed by atoms with Gasteiger partial charge in [-0.2, -0.15) is 0 Å². The lowest BCUT2D eigenvalue weighted by atomic mass is 9.90. The van der Waals surface area contributed by atoms with E-state index in [1.165, 1.54) is 25.9 Å². The van der Waals surface area contributed by atoms with Gasteiger partial charge in [-0.1, -0.05) is 74.5 Å². The molecule has 1 atom stereocenters. The predicted octanol–water partition coefficient (Wildman–Crippen LogP) is 4.79. The Morgan fingerprint density at radius 1 is 0.929 bits per heavy atom. The molecule has 1 amide bonds. The molecule has 0 spiro atoms. The van der Waals surface area contributed by atoms with Crippen molar-refractivity contribution in [2.75, 3.05) is 26.7 Å². The summed E-state index contributed by atoms with van der Waals surface area (Å²) in [5.41, 5.74) is 2.12. The number of likely N-dealkylation sites (tertiary alicyclic amines) is 1. The molecule has 1 aliphatic heterocycles. The maximum absolute atomic E-state index is 13.6. The van der Waals surface area contributed by atoms with Gasteiger partial charge in [-0.25, -0.2) is 0 Å². The fraction of sp³-hybridized carbons (Fsp3) is 0.480.